The fourth-order valence-electron chi connectivity index (χ4n) is 5.49. The number of benzene rings is 1. The van der Waals surface area contributed by atoms with Crippen LogP contribution < -0.4 is 4.74 Å². The molecule has 3 amide bonds. The summed E-state index contributed by atoms with van der Waals surface area (Å²) in [6.07, 6.45) is -0.602. The number of urea groups is 1. The molecule has 0 radical (unpaired) electrons. The average molecular weight is 534 g/mol. The lowest BCUT2D eigenvalue weighted by Gasteiger charge is -2.37. The van der Waals surface area contributed by atoms with Gasteiger partial charge >= 0.3 is 6.03 Å². The number of piperidine rings is 1. The van der Waals surface area contributed by atoms with E-state index in [1.54, 1.807) is 26.8 Å². The summed E-state index contributed by atoms with van der Waals surface area (Å²) >= 11 is 0. The third-order valence-electron chi connectivity index (χ3n) is 7.79. The van der Waals surface area contributed by atoms with Crippen LogP contribution in [-0.2, 0) is 6.54 Å². The predicted molar refractivity (Wildman–Crippen MR) is 144 cm³/mol. The van der Waals surface area contributed by atoms with Gasteiger partial charge in [-0.15, -0.1) is 0 Å². The number of hydrogen-bond acceptors (Lipinski definition) is 4. The Balaban J connectivity index is 1.48. The fraction of sp³-hybridized carbons (Fsp3) is 0.643. The largest absolute Gasteiger partial charge is 0.490 e. The summed E-state index contributed by atoms with van der Waals surface area (Å²) in [5.74, 6) is 0.400. The molecule has 2 aliphatic rings. The van der Waals surface area contributed by atoms with Crippen LogP contribution in [0.15, 0.2) is 24.3 Å². The molecule has 10 heteroatoms. The normalized spacial score (nSPS) is 17.6. The van der Waals surface area contributed by atoms with Crippen LogP contribution in [0.25, 0.3) is 10.9 Å². The molecule has 8 nitrogen and oxygen atoms in total. The van der Waals surface area contributed by atoms with Crippen molar-refractivity contribution in [3.05, 3.63) is 30.0 Å². The summed E-state index contributed by atoms with van der Waals surface area (Å²) in [4.78, 5) is 33.8. The number of piperazine rings is 1. The molecule has 0 aliphatic carbocycles. The Kier molecular flexibility index (Phi) is 9.12. The number of halogens is 2. The zero-order valence-electron chi connectivity index (χ0n) is 23.0. The predicted octanol–water partition coefficient (Wildman–Crippen LogP) is 4.38. The number of fused-ring (bicyclic) bond motifs is 1. The number of ether oxygens (including phenoxy) is 1. The van der Waals surface area contributed by atoms with E-state index in [4.69, 9.17) is 4.74 Å². The molecule has 0 saturated carbocycles. The maximum atomic E-state index is 13.5. The number of alkyl halides is 2. The maximum Gasteiger partial charge on any atom is 0.320 e. The highest BCUT2D eigenvalue weighted by Crippen LogP contribution is 2.29. The highest BCUT2D eigenvalue weighted by atomic mass is 19.3. The van der Waals surface area contributed by atoms with Gasteiger partial charge in [0.2, 0.25) is 0 Å². The van der Waals surface area contributed by atoms with Gasteiger partial charge in [0.15, 0.2) is 0 Å². The standard InChI is InChI=1S/C28H41F2N5O3/c1-5-31(6-2)28(37)34-15-13-33(14-16-34)27(36)25-18-21-17-23(7-8-24(21)35(25)19-26(29)30)38-22-9-11-32(12-10-22)20(3)4/h7-8,17-18,20,22,26H,5-6,9-16,19H2,1-4H3. The second kappa shape index (κ2) is 12.3. The molecule has 2 saturated heterocycles. The van der Waals surface area contributed by atoms with Gasteiger partial charge < -0.3 is 28.9 Å². The third-order valence-corrected chi connectivity index (χ3v) is 7.79. The number of aromatic nitrogens is 1. The first-order valence-corrected chi connectivity index (χ1v) is 13.9. The molecule has 0 unspecified atom stereocenters. The van der Waals surface area contributed by atoms with Crippen molar-refractivity contribution in [3.8, 4) is 5.75 Å². The quantitative estimate of drug-likeness (QED) is 0.506. The van der Waals surface area contributed by atoms with Crippen LogP contribution in [0.2, 0.25) is 0 Å². The van der Waals surface area contributed by atoms with E-state index in [9.17, 15) is 18.4 Å². The molecular weight excluding hydrogens is 492 g/mol. The summed E-state index contributed by atoms with van der Waals surface area (Å²) in [5, 5.41) is 0.710. The van der Waals surface area contributed by atoms with Gasteiger partial charge in [0, 0.05) is 69.3 Å². The van der Waals surface area contributed by atoms with Crippen LogP contribution >= 0.6 is 0 Å². The van der Waals surface area contributed by atoms with Crippen LogP contribution in [0.1, 0.15) is 51.0 Å². The molecule has 2 aromatic rings. The second-order valence-corrected chi connectivity index (χ2v) is 10.4. The van der Waals surface area contributed by atoms with Gasteiger partial charge in [-0.3, -0.25) is 4.79 Å². The van der Waals surface area contributed by atoms with E-state index >= 15 is 0 Å². The molecule has 2 aliphatic heterocycles. The van der Waals surface area contributed by atoms with E-state index in [1.807, 2.05) is 26.0 Å². The van der Waals surface area contributed by atoms with Gasteiger partial charge in [-0.1, -0.05) is 0 Å². The van der Waals surface area contributed by atoms with Gasteiger partial charge in [0.1, 0.15) is 17.5 Å². The SMILES string of the molecule is CCN(CC)C(=O)N1CCN(C(=O)c2cc3cc(OC4CCN(C(C)C)CC4)ccc3n2CC(F)F)CC1. The zero-order valence-corrected chi connectivity index (χ0v) is 23.0. The first-order chi connectivity index (χ1) is 18.2. The van der Waals surface area contributed by atoms with Crippen molar-refractivity contribution in [1.29, 1.82) is 0 Å². The molecule has 0 spiro atoms. The summed E-state index contributed by atoms with van der Waals surface area (Å²) in [6.45, 7) is 12.5. The van der Waals surface area contributed by atoms with Gasteiger partial charge in [0.25, 0.3) is 12.3 Å². The lowest BCUT2D eigenvalue weighted by atomic mass is 10.1. The number of hydrogen-bond donors (Lipinski definition) is 0. The van der Waals surface area contributed by atoms with Crippen LogP contribution in [-0.4, -0.2) is 107 Å². The van der Waals surface area contributed by atoms with Gasteiger partial charge in [0.05, 0.1) is 6.54 Å². The smallest absolute Gasteiger partial charge is 0.320 e. The molecule has 1 aromatic heterocycles. The summed E-state index contributed by atoms with van der Waals surface area (Å²) in [5.41, 5.74) is 0.831. The van der Waals surface area contributed by atoms with Crippen LogP contribution in [0, 0.1) is 0 Å². The molecule has 1 aromatic carbocycles. The van der Waals surface area contributed by atoms with E-state index < -0.39 is 13.0 Å². The Morgan fingerprint density at radius 3 is 2.18 bits per heavy atom. The van der Waals surface area contributed by atoms with Crippen molar-refractivity contribution in [2.24, 2.45) is 0 Å². The Hall–Kier alpha value is -2.88. The van der Waals surface area contributed by atoms with Crippen molar-refractivity contribution >= 4 is 22.8 Å². The Bertz CT molecular complexity index is 1100. The van der Waals surface area contributed by atoms with Gasteiger partial charge in [-0.05, 0) is 64.8 Å². The minimum absolute atomic E-state index is 0.0312. The monoisotopic (exact) mass is 533 g/mol. The first kappa shape index (κ1) is 28.1. The van der Waals surface area contributed by atoms with Crippen molar-refractivity contribution in [2.45, 2.75) is 65.7 Å². The number of rotatable bonds is 8. The number of likely N-dealkylation sites (tertiary alicyclic amines) is 1. The van der Waals surface area contributed by atoms with Gasteiger partial charge in [-0.25, -0.2) is 13.6 Å². The molecule has 3 heterocycles. The molecule has 0 N–H and O–H groups in total. The van der Waals surface area contributed by atoms with Crippen molar-refractivity contribution in [2.75, 3.05) is 52.4 Å². The molecular formula is C28H41F2N5O3. The number of nitrogens with zero attached hydrogens (tertiary/aromatic N) is 5. The zero-order chi connectivity index (χ0) is 27.4. The molecule has 210 valence electrons. The average Bonchev–Trinajstić information content (AvgIpc) is 3.26. The number of carbonyl (C=O) groups excluding carboxylic acids is 2. The Morgan fingerprint density at radius 1 is 0.974 bits per heavy atom. The van der Waals surface area contributed by atoms with Crippen LogP contribution in [0.5, 0.6) is 5.75 Å². The summed E-state index contributed by atoms with van der Waals surface area (Å²) in [6, 6.07) is 7.62. The summed E-state index contributed by atoms with van der Waals surface area (Å²) < 4.78 is 34.8. The van der Waals surface area contributed by atoms with Crippen molar-refractivity contribution < 1.29 is 23.1 Å². The highest BCUT2D eigenvalue weighted by Gasteiger charge is 2.29. The van der Waals surface area contributed by atoms with Gasteiger partial charge in [-0.2, -0.15) is 0 Å². The number of amides is 3. The maximum absolute atomic E-state index is 13.5. The summed E-state index contributed by atoms with van der Waals surface area (Å²) in [7, 11) is 0. The van der Waals surface area contributed by atoms with Crippen LogP contribution in [0.3, 0.4) is 0 Å². The topological polar surface area (TPSA) is 61.3 Å². The highest BCUT2D eigenvalue weighted by molar-refractivity contribution is 5.99. The van der Waals surface area contributed by atoms with Crippen LogP contribution in [0.4, 0.5) is 13.6 Å². The number of carbonyl (C=O) groups is 2. The molecule has 0 atom stereocenters. The van der Waals surface area contributed by atoms with E-state index in [0.717, 1.165) is 25.9 Å². The second-order valence-electron chi connectivity index (χ2n) is 10.4. The minimum Gasteiger partial charge on any atom is -0.490 e. The van der Waals surface area contributed by atoms with E-state index in [0.29, 0.717) is 62.0 Å². The van der Waals surface area contributed by atoms with E-state index in [-0.39, 0.29) is 23.7 Å². The molecule has 38 heavy (non-hydrogen) atoms. The Morgan fingerprint density at radius 2 is 1.61 bits per heavy atom. The lowest BCUT2D eigenvalue weighted by molar-refractivity contribution is 0.0624. The van der Waals surface area contributed by atoms with Crippen molar-refractivity contribution in [3.63, 3.8) is 0 Å². The van der Waals surface area contributed by atoms with E-state index in [2.05, 4.69) is 18.7 Å². The minimum atomic E-state index is -2.59. The molecule has 4 rings (SSSR count). The molecule has 2 fully saturated rings. The third kappa shape index (κ3) is 6.22. The fourth-order valence-corrected chi connectivity index (χ4v) is 5.49. The van der Waals surface area contributed by atoms with Crippen molar-refractivity contribution in [1.82, 2.24) is 24.2 Å². The Labute approximate surface area is 224 Å². The lowest BCUT2D eigenvalue weighted by Crippen LogP contribution is -2.54. The molecule has 0 bridgehead atoms. The first-order valence-electron chi connectivity index (χ1n) is 13.9. The van der Waals surface area contributed by atoms with E-state index in [1.165, 1.54) is 4.57 Å².